The Balaban J connectivity index is 2.90. The van der Waals surface area contributed by atoms with Crippen LogP contribution in [0.4, 0.5) is 0 Å². The van der Waals surface area contributed by atoms with Crippen LogP contribution in [0, 0.1) is 6.61 Å². The molecule has 0 atom stereocenters. The summed E-state index contributed by atoms with van der Waals surface area (Å²) in [6.45, 7) is 4.21. The molecule has 0 bridgehead atoms. The second-order valence-electron chi connectivity index (χ2n) is 6.49. The van der Waals surface area contributed by atoms with E-state index in [1.165, 1.54) is 103 Å². The summed E-state index contributed by atoms with van der Waals surface area (Å²) in [4.78, 5) is 0. The van der Waals surface area contributed by atoms with E-state index in [1.807, 2.05) is 6.61 Å². The summed E-state index contributed by atoms with van der Waals surface area (Å²) in [6, 6.07) is 0. The normalized spacial score (nSPS) is 11.1. The molecule has 127 valence electrons. The summed E-state index contributed by atoms with van der Waals surface area (Å²) in [5, 5.41) is 0. The molecule has 0 saturated carbocycles. The second kappa shape index (κ2) is 20.0. The molecule has 1 radical (unpaired) electrons. The molecular weight excluding hydrogens is 256 g/mol. The van der Waals surface area contributed by atoms with E-state index in [-0.39, 0.29) is 0 Å². The maximum absolute atomic E-state index is 4.94. The lowest BCUT2D eigenvalue weighted by Gasteiger charge is -2.03. The molecule has 0 fully saturated rings. The molecule has 0 N–H and O–H groups in total. The number of hydrogen-bond donors (Lipinski definition) is 0. The van der Waals surface area contributed by atoms with Gasteiger partial charge in [-0.15, -0.1) is 0 Å². The molecule has 21 heavy (non-hydrogen) atoms. The zero-order valence-electron chi connectivity index (χ0n) is 15.0. The van der Waals surface area contributed by atoms with Crippen molar-refractivity contribution in [1.29, 1.82) is 0 Å². The van der Waals surface area contributed by atoms with Crippen LogP contribution in [0.1, 0.15) is 116 Å². The average Bonchev–Trinajstić information content (AvgIpc) is 2.50. The highest BCUT2D eigenvalue weighted by Crippen LogP contribution is 2.14. The smallest absolute Gasteiger partial charge is 0.0832 e. The van der Waals surface area contributed by atoms with Crippen molar-refractivity contribution in [3.63, 3.8) is 0 Å². The third-order valence-electron chi connectivity index (χ3n) is 4.34. The summed E-state index contributed by atoms with van der Waals surface area (Å²) in [6.07, 6.45) is 24.1. The fourth-order valence-electron chi connectivity index (χ4n) is 2.89. The molecule has 0 aromatic heterocycles. The highest BCUT2D eigenvalue weighted by molar-refractivity contribution is 4.52. The van der Waals surface area contributed by atoms with E-state index in [0.717, 1.165) is 6.42 Å². The van der Waals surface area contributed by atoms with Crippen molar-refractivity contribution in [2.45, 2.75) is 116 Å². The number of rotatable bonds is 18. The molecule has 0 rings (SSSR count). The van der Waals surface area contributed by atoms with E-state index in [1.54, 1.807) is 7.11 Å². The summed E-state index contributed by atoms with van der Waals surface area (Å²) >= 11 is 0. The van der Waals surface area contributed by atoms with Crippen molar-refractivity contribution in [3.8, 4) is 0 Å². The maximum atomic E-state index is 4.94. The Bertz CT molecular complexity index is 149. The molecular formula is C20H41O. The van der Waals surface area contributed by atoms with Gasteiger partial charge in [0.2, 0.25) is 0 Å². The van der Waals surface area contributed by atoms with Gasteiger partial charge in [-0.2, -0.15) is 0 Å². The van der Waals surface area contributed by atoms with Crippen molar-refractivity contribution in [3.05, 3.63) is 6.61 Å². The number of methoxy groups -OCH3 is 1. The van der Waals surface area contributed by atoms with Crippen molar-refractivity contribution < 1.29 is 4.74 Å². The van der Waals surface area contributed by atoms with Gasteiger partial charge in [-0.3, -0.25) is 0 Å². The van der Waals surface area contributed by atoms with E-state index >= 15 is 0 Å². The lowest BCUT2D eigenvalue weighted by atomic mass is 10.0. The van der Waals surface area contributed by atoms with Crippen molar-refractivity contribution in [2.75, 3.05) is 7.11 Å². The van der Waals surface area contributed by atoms with Gasteiger partial charge in [0.1, 0.15) is 0 Å². The SMILES string of the molecule is CCCCCCCCCCCCCCCCCC[CH]OC. The summed E-state index contributed by atoms with van der Waals surface area (Å²) in [7, 11) is 1.74. The number of unbranched alkanes of at least 4 members (excludes halogenated alkanes) is 16. The van der Waals surface area contributed by atoms with Crippen molar-refractivity contribution in [1.82, 2.24) is 0 Å². The fraction of sp³-hybridized carbons (Fsp3) is 0.950. The molecule has 0 aliphatic carbocycles. The number of hydrogen-bond acceptors (Lipinski definition) is 1. The van der Waals surface area contributed by atoms with Crippen LogP contribution in [-0.4, -0.2) is 7.11 Å². The first-order valence-corrected chi connectivity index (χ1v) is 9.76. The van der Waals surface area contributed by atoms with Crippen molar-refractivity contribution in [2.24, 2.45) is 0 Å². The first kappa shape index (κ1) is 21.0. The van der Waals surface area contributed by atoms with E-state index in [9.17, 15) is 0 Å². The molecule has 0 saturated heterocycles. The monoisotopic (exact) mass is 297 g/mol. The van der Waals surface area contributed by atoms with Crippen molar-refractivity contribution >= 4 is 0 Å². The molecule has 0 unspecified atom stereocenters. The third kappa shape index (κ3) is 20.0. The lowest BCUT2D eigenvalue weighted by molar-refractivity contribution is 0.262. The van der Waals surface area contributed by atoms with Gasteiger partial charge in [-0.1, -0.05) is 110 Å². The topological polar surface area (TPSA) is 9.23 Å². The Labute approximate surface area is 135 Å². The Morgan fingerprint density at radius 1 is 0.524 bits per heavy atom. The van der Waals surface area contributed by atoms with E-state index in [0.29, 0.717) is 0 Å². The molecule has 0 aliphatic heterocycles. The zero-order chi connectivity index (χ0) is 15.4. The highest BCUT2D eigenvalue weighted by atomic mass is 16.5. The fourth-order valence-corrected chi connectivity index (χ4v) is 2.89. The second-order valence-corrected chi connectivity index (χ2v) is 6.49. The summed E-state index contributed by atoms with van der Waals surface area (Å²) < 4.78 is 4.94. The largest absolute Gasteiger partial charge is 0.379 e. The van der Waals surface area contributed by atoms with Gasteiger partial charge >= 0.3 is 0 Å². The summed E-state index contributed by atoms with van der Waals surface area (Å²) in [5.41, 5.74) is 0. The van der Waals surface area contributed by atoms with Gasteiger partial charge in [-0.25, -0.2) is 0 Å². The third-order valence-corrected chi connectivity index (χ3v) is 4.34. The molecule has 0 spiro atoms. The first-order chi connectivity index (χ1) is 10.4. The van der Waals surface area contributed by atoms with Gasteiger partial charge in [0.25, 0.3) is 0 Å². The van der Waals surface area contributed by atoms with Gasteiger partial charge in [0.15, 0.2) is 0 Å². The predicted octanol–water partition coefficient (Wildman–Crippen LogP) is 7.45. The predicted molar refractivity (Wildman–Crippen MR) is 95.5 cm³/mol. The molecule has 0 heterocycles. The zero-order valence-corrected chi connectivity index (χ0v) is 15.0. The minimum Gasteiger partial charge on any atom is -0.379 e. The van der Waals surface area contributed by atoms with Gasteiger partial charge in [0, 0.05) is 7.11 Å². The lowest BCUT2D eigenvalue weighted by Crippen LogP contribution is -1.84. The number of ether oxygens (including phenoxy) is 1. The molecule has 0 aromatic carbocycles. The van der Waals surface area contributed by atoms with Gasteiger partial charge in [-0.05, 0) is 6.42 Å². The quantitative estimate of drug-likeness (QED) is 0.239. The van der Waals surface area contributed by atoms with E-state index in [2.05, 4.69) is 6.92 Å². The maximum Gasteiger partial charge on any atom is 0.0832 e. The Morgan fingerprint density at radius 3 is 1.19 bits per heavy atom. The van der Waals surface area contributed by atoms with Gasteiger partial charge < -0.3 is 4.74 Å². The summed E-state index contributed by atoms with van der Waals surface area (Å²) in [5.74, 6) is 0. The standard InChI is InChI=1S/C20H41O/c1-3-4-5-6-7-8-9-10-11-12-13-14-15-16-17-18-19-20-21-2/h20H,3-19H2,1-2H3. The molecule has 0 amide bonds. The Morgan fingerprint density at radius 2 is 0.857 bits per heavy atom. The minimum absolute atomic E-state index is 1.12. The molecule has 1 nitrogen and oxygen atoms in total. The van der Waals surface area contributed by atoms with Crippen LogP contribution in [-0.2, 0) is 4.74 Å². The van der Waals surface area contributed by atoms with Crippen LogP contribution < -0.4 is 0 Å². The van der Waals surface area contributed by atoms with Crippen LogP contribution >= 0.6 is 0 Å². The van der Waals surface area contributed by atoms with Crippen LogP contribution in [0.2, 0.25) is 0 Å². The van der Waals surface area contributed by atoms with Crippen LogP contribution in [0.25, 0.3) is 0 Å². The Kier molecular flexibility index (Phi) is 19.9. The highest BCUT2D eigenvalue weighted by Gasteiger charge is 1.94. The Hall–Kier alpha value is -0.0400. The van der Waals surface area contributed by atoms with Crippen LogP contribution in [0.15, 0.2) is 0 Å². The van der Waals surface area contributed by atoms with E-state index < -0.39 is 0 Å². The molecule has 0 aromatic rings. The van der Waals surface area contributed by atoms with Gasteiger partial charge in [0.05, 0.1) is 6.61 Å². The molecule has 1 heteroatoms. The van der Waals surface area contributed by atoms with Crippen LogP contribution in [0.5, 0.6) is 0 Å². The molecule has 0 aliphatic rings. The van der Waals surface area contributed by atoms with E-state index in [4.69, 9.17) is 4.74 Å². The average molecular weight is 298 g/mol. The first-order valence-electron chi connectivity index (χ1n) is 9.76. The minimum atomic E-state index is 1.12. The van der Waals surface area contributed by atoms with Crippen LogP contribution in [0.3, 0.4) is 0 Å².